The summed E-state index contributed by atoms with van der Waals surface area (Å²) in [7, 11) is 0. The van der Waals surface area contributed by atoms with E-state index in [0.717, 1.165) is 51.4 Å². The van der Waals surface area contributed by atoms with E-state index in [2.05, 4.69) is 26.0 Å². The molecule has 0 amide bonds. The molecule has 2 nitrogen and oxygen atoms in total. The fourth-order valence-corrected chi connectivity index (χ4v) is 3.17. The van der Waals surface area contributed by atoms with Crippen LogP contribution in [-0.4, -0.2) is 10.5 Å². The van der Waals surface area contributed by atoms with Crippen LogP contribution in [0.4, 0.5) is 0 Å². The van der Waals surface area contributed by atoms with E-state index >= 15 is 0 Å². The van der Waals surface area contributed by atoms with Crippen molar-refractivity contribution < 1.29 is 9.59 Å². The Morgan fingerprint density at radius 1 is 0.577 bits per heavy atom. The lowest BCUT2D eigenvalue weighted by molar-refractivity contribution is -0.112. The lowest BCUT2D eigenvalue weighted by atomic mass is 10.0. The maximum atomic E-state index is 10.6. The van der Waals surface area contributed by atoms with E-state index in [0.29, 0.717) is 12.8 Å². The summed E-state index contributed by atoms with van der Waals surface area (Å²) in [6, 6.07) is 0. The Hall–Kier alpha value is -0.600. The van der Waals surface area contributed by atoms with Crippen molar-refractivity contribution in [1.29, 1.82) is 0 Å². The van der Waals surface area contributed by atoms with Crippen LogP contribution in [0, 0.1) is 0 Å². The second kappa shape index (κ2) is 17.8. The predicted octanol–water partition coefficient (Wildman–Crippen LogP) is 7.87. The highest BCUT2D eigenvalue weighted by molar-refractivity contribution is 6.63. The molecule has 150 valence electrons. The molecule has 0 aliphatic carbocycles. The maximum Gasteiger partial charge on any atom is 0.221 e. The summed E-state index contributed by atoms with van der Waals surface area (Å²) in [4.78, 5) is 21.3. The number of carbonyl (C=O) groups excluding carboxylic acids is 2. The number of carbonyl (C=O) groups is 2. The Morgan fingerprint density at radius 2 is 0.885 bits per heavy atom. The van der Waals surface area contributed by atoms with Crippen molar-refractivity contribution in [2.45, 2.75) is 104 Å². The van der Waals surface area contributed by atoms with Gasteiger partial charge in [-0.25, -0.2) is 0 Å². The molecule has 0 fully saturated rings. The van der Waals surface area contributed by atoms with Crippen molar-refractivity contribution >= 4 is 33.7 Å². The molecule has 0 bridgehead atoms. The van der Waals surface area contributed by atoms with Crippen molar-refractivity contribution in [2.24, 2.45) is 0 Å². The minimum Gasteiger partial charge on any atom is -0.281 e. The van der Waals surface area contributed by atoms with Gasteiger partial charge < -0.3 is 0 Å². The molecule has 0 aromatic rings. The summed E-state index contributed by atoms with van der Waals surface area (Å²) in [5, 5.41) is -0.431. The normalized spacial score (nSPS) is 12.5. The van der Waals surface area contributed by atoms with Crippen molar-refractivity contribution in [1.82, 2.24) is 0 Å². The second-order valence-electron chi connectivity index (χ2n) is 7.22. The Balaban J connectivity index is 3.60. The summed E-state index contributed by atoms with van der Waals surface area (Å²) in [6.45, 7) is 4.43. The monoisotopic (exact) mass is 402 g/mol. The molecule has 0 N–H and O–H groups in total. The van der Waals surface area contributed by atoms with Gasteiger partial charge in [0, 0.05) is 12.8 Å². The Bertz CT molecular complexity index is 411. The SMILES string of the molecule is C/C(=C/CC/C=C(\C)CCCCCCC(=O)Cl)CCCCCCC(=O)Cl. The molecular weight excluding hydrogens is 367 g/mol. The minimum absolute atomic E-state index is 0.216. The van der Waals surface area contributed by atoms with E-state index in [9.17, 15) is 9.59 Å². The average Bonchev–Trinajstić information content (AvgIpc) is 2.57. The van der Waals surface area contributed by atoms with E-state index in [4.69, 9.17) is 23.2 Å². The van der Waals surface area contributed by atoms with Crippen molar-refractivity contribution in [3.8, 4) is 0 Å². The van der Waals surface area contributed by atoms with Crippen molar-refractivity contribution in [2.75, 3.05) is 0 Å². The minimum atomic E-state index is -0.216. The molecule has 0 aromatic heterocycles. The highest BCUT2D eigenvalue weighted by atomic mass is 35.5. The van der Waals surface area contributed by atoms with Gasteiger partial charge in [-0.15, -0.1) is 0 Å². The number of rotatable bonds is 17. The topological polar surface area (TPSA) is 34.1 Å². The standard InChI is InChI=1S/C22H36Cl2O2/c1-19(13-7-3-5-9-17-21(23)25)15-11-12-16-20(2)14-8-4-6-10-18-22(24)26/h15-16H,3-14,17-18H2,1-2H3/b19-15-,20-16+. The van der Waals surface area contributed by atoms with Crippen LogP contribution in [0.15, 0.2) is 23.3 Å². The first kappa shape index (κ1) is 25.4. The van der Waals surface area contributed by atoms with Gasteiger partial charge in [0.05, 0.1) is 0 Å². The molecule has 0 saturated heterocycles. The summed E-state index contributed by atoms with van der Waals surface area (Å²) in [5.74, 6) is 0. The van der Waals surface area contributed by atoms with E-state index in [-0.39, 0.29) is 10.5 Å². The van der Waals surface area contributed by atoms with Gasteiger partial charge in [-0.3, -0.25) is 9.59 Å². The van der Waals surface area contributed by atoms with Crippen LogP contribution in [0.1, 0.15) is 104 Å². The highest BCUT2D eigenvalue weighted by Crippen LogP contribution is 2.14. The maximum absolute atomic E-state index is 10.6. The van der Waals surface area contributed by atoms with Gasteiger partial charge in [-0.1, -0.05) is 49.0 Å². The third-order valence-corrected chi connectivity index (χ3v) is 4.92. The Labute approximate surface area is 170 Å². The van der Waals surface area contributed by atoms with Gasteiger partial charge in [-0.05, 0) is 88.4 Å². The first-order valence-corrected chi connectivity index (χ1v) is 10.9. The smallest absolute Gasteiger partial charge is 0.221 e. The molecule has 4 heteroatoms. The lowest BCUT2D eigenvalue weighted by Crippen LogP contribution is -1.87. The molecule has 0 heterocycles. The van der Waals surface area contributed by atoms with Crippen LogP contribution in [0.25, 0.3) is 0 Å². The zero-order chi connectivity index (χ0) is 19.6. The van der Waals surface area contributed by atoms with Gasteiger partial charge in [0.25, 0.3) is 0 Å². The second-order valence-corrected chi connectivity index (χ2v) is 8.06. The van der Waals surface area contributed by atoms with Crippen LogP contribution in [-0.2, 0) is 9.59 Å². The molecule has 0 radical (unpaired) electrons. The first-order valence-electron chi connectivity index (χ1n) is 10.1. The van der Waals surface area contributed by atoms with Gasteiger partial charge >= 0.3 is 0 Å². The highest BCUT2D eigenvalue weighted by Gasteiger charge is 1.98. The van der Waals surface area contributed by atoms with E-state index in [1.54, 1.807) is 0 Å². The molecular formula is C22H36Cl2O2. The predicted molar refractivity (Wildman–Crippen MR) is 114 cm³/mol. The van der Waals surface area contributed by atoms with Gasteiger partial charge in [0.15, 0.2) is 0 Å². The number of halogens is 2. The molecule has 0 atom stereocenters. The van der Waals surface area contributed by atoms with Crippen LogP contribution >= 0.6 is 23.2 Å². The van der Waals surface area contributed by atoms with Gasteiger partial charge in [-0.2, -0.15) is 0 Å². The summed E-state index contributed by atoms with van der Waals surface area (Å²) >= 11 is 10.6. The largest absolute Gasteiger partial charge is 0.281 e. The van der Waals surface area contributed by atoms with Crippen molar-refractivity contribution in [3.05, 3.63) is 23.3 Å². The molecule has 26 heavy (non-hydrogen) atoms. The zero-order valence-corrected chi connectivity index (χ0v) is 18.1. The number of hydrogen-bond acceptors (Lipinski definition) is 2. The molecule has 0 aliphatic rings. The van der Waals surface area contributed by atoms with Crippen LogP contribution in [0.2, 0.25) is 0 Å². The van der Waals surface area contributed by atoms with E-state index in [1.165, 1.54) is 36.8 Å². The van der Waals surface area contributed by atoms with Crippen molar-refractivity contribution in [3.63, 3.8) is 0 Å². The quantitative estimate of drug-likeness (QED) is 0.141. The molecule has 0 unspecified atom stereocenters. The fourth-order valence-electron chi connectivity index (χ4n) is 2.91. The number of allylic oxidation sites excluding steroid dienone is 4. The average molecular weight is 403 g/mol. The number of unbranched alkanes of at least 4 members (excludes halogenated alkanes) is 7. The van der Waals surface area contributed by atoms with Gasteiger partial charge in [0.2, 0.25) is 10.5 Å². The molecule has 0 aromatic carbocycles. The van der Waals surface area contributed by atoms with E-state index in [1.807, 2.05) is 0 Å². The van der Waals surface area contributed by atoms with Gasteiger partial charge in [0.1, 0.15) is 0 Å². The molecule has 0 aliphatic heterocycles. The van der Waals surface area contributed by atoms with Crippen LogP contribution in [0.5, 0.6) is 0 Å². The number of hydrogen-bond donors (Lipinski definition) is 0. The molecule has 0 saturated carbocycles. The van der Waals surface area contributed by atoms with Crippen LogP contribution < -0.4 is 0 Å². The first-order chi connectivity index (χ1) is 12.4. The molecule has 0 spiro atoms. The third kappa shape index (κ3) is 19.7. The third-order valence-electron chi connectivity index (χ3n) is 4.54. The summed E-state index contributed by atoms with van der Waals surface area (Å²) < 4.78 is 0. The molecule has 0 rings (SSSR count). The Morgan fingerprint density at radius 3 is 1.19 bits per heavy atom. The summed E-state index contributed by atoms with van der Waals surface area (Å²) in [6.07, 6.45) is 19.0. The summed E-state index contributed by atoms with van der Waals surface area (Å²) in [5.41, 5.74) is 2.94. The van der Waals surface area contributed by atoms with Crippen LogP contribution in [0.3, 0.4) is 0 Å². The van der Waals surface area contributed by atoms with E-state index < -0.39 is 0 Å². The zero-order valence-electron chi connectivity index (χ0n) is 16.6. The lowest BCUT2D eigenvalue weighted by Gasteiger charge is -2.03. The Kier molecular flexibility index (Phi) is 17.4. The fraction of sp³-hybridized carbons (Fsp3) is 0.727.